The van der Waals surface area contributed by atoms with E-state index in [2.05, 4.69) is 0 Å². The first-order valence-electron chi connectivity index (χ1n) is 4.01. The molecular weight excluding hydrogens is 162 g/mol. The van der Waals surface area contributed by atoms with Crippen LogP contribution < -0.4 is 0 Å². The zero-order valence-electron chi connectivity index (χ0n) is 7.70. The molecule has 1 rings (SSSR count). The number of aromatic hydroxyl groups is 1. The maximum Gasteiger partial charge on any atom is 0.122 e. The molecule has 0 radical (unpaired) electrons. The molecule has 13 heavy (non-hydrogen) atoms. The first-order chi connectivity index (χ1) is 6.13. The van der Waals surface area contributed by atoms with Crippen molar-refractivity contribution < 1.29 is 5.11 Å². The normalized spacial score (nSPS) is 9.00. The predicted molar refractivity (Wildman–Crippen MR) is 52.1 cm³/mol. The van der Waals surface area contributed by atoms with Crippen LogP contribution >= 0.6 is 0 Å². The van der Waals surface area contributed by atoms with E-state index < -0.39 is 0 Å². The van der Waals surface area contributed by atoms with E-state index in [4.69, 9.17) is 5.26 Å². The molecule has 0 atom stereocenters. The molecule has 0 saturated carbocycles. The third-order valence-electron chi connectivity index (χ3n) is 1.60. The van der Waals surface area contributed by atoms with Gasteiger partial charge in [-0.15, -0.1) is 0 Å². The van der Waals surface area contributed by atoms with Crippen LogP contribution in [-0.2, 0) is 0 Å². The van der Waals surface area contributed by atoms with Crippen LogP contribution in [0.3, 0.4) is 0 Å². The Morgan fingerprint density at radius 3 is 2.69 bits per heavy atom. The molecule has 1 aromatic carbocycles. The van der Waals surface area contributed by atoms with Gasteiger partial charge >= 0.3 is 0 Å². The summed E-state index contributed by atoms with van der Waals surface area (Å²) in [5, 5.41) is 18.1. The number of phenolic OH excluding ortho intramolecular Hbond substituents is 1. The Morgan fingerprint density at radius 2 is 2.15 bits per heavy atom. The van der Waals surface area contributed by atoms with Crippen LogP contribution in [0.2, 0.25) is 0 Å². The maximum absolute atomic E-state index is 9.43. The highest BCUT2D eigenvalue weighted by atomic mass is 16.3. The van der Waals surface area contributed by atoms with Crippen molar-refractivity contribution in [2.75, 3.05) is 0 Å². The lowest BCUT2D eigenvalue weighted by molar-refractivity contribution is 0.474. The molecule has 0 saturated heterocycles. The molecule has 0 aliphatic heterocycles. The summed E-state index contributed by atoms with van der Waals surface area (Å²) < 4.78 is 0. The lowest BCUT2D eigenvalue weighted by Crippen LogP contribution is -1.79. The lowest BCUT2D eigenvalue weighted by atomic mass is 10.1. The molecule has 0 heterocycles. The molecule has 0 aliphatic carbocycles. The van der Waals surface area contributed by atoms with E-state index in [1.54, 1.807) is 12.1 Å². The molecule has 2 nitrogen and oxygen atoms in total. The molecular formula is C11H11NO. The second-order valence-corrected chi connectivity index (χ2v) is 3.11. The number of phenols is 1. The average Bonchev–Trinajstić information content (AvgIpc) is 2.08. The summed E-state index contributed by atoms with van der Waals surface area (Å²) in [5.74, 6) is 0.209. The molecule has 0 aliphatic rings. The number of nitrogens with zero attached hydrogens (tertiary/aromatic N) is 1. The number of benzene rings is 1. The molecule has 66 valence electrons. The molecule has 2 heteroatoms. The number of rotatable bonds is 1. The van der Waals surface area contributed by atoms with Crippen molar-refractivity contribution in [1.82, 2.24) is 0 Å². The molecule has 1 N–H and O–H groups in total. The number of hydrogen-bond acceptors (Lipinski definition) is 2. The highest BCUT2D eigenvalue weighted by Gasteiger charge is 1.98. The topological polar surface area (TPSA) is 44.0 Å². The molecule has 1 aromatic rings. The van der Waals surface area contributed by atoms with Crippen LogP contribution in [0.1, 0.15) is 25.0 Å². The number of hydrogen-bond donors (Lipinski definition) is 1. The van der Waals surface area contributed by atoms with Gasteiger partial charge in [0.2, 0.25) is 0 Å². The van der Waals surface area contributed by atoms with Crippen LogP contribution in [0.15, 0.2) is 23.8 Å². The number of nitriles is 1. The van der Waals surface area contributed by atoms with E-state index in [9.17, 15) is 5.11 Å². The minimum Gasteiger partial charge on any atom is -0.507 e. The molecule has 0 spiro atoms. The maximum atomic E-state index is 9.43. The van der Waals surface area contributed by atoms with E-state index in [1.165, 1.54) is 6.07 Å². The van der Waals surface area contributed by atoms with Crippen molar-refractivity contribution in [3.63, 3.8) is 0 Å². The predicted octanol–water partition coefficient (Wildman–Crippen LogP) is 2.69. The summed E-state index contributed by atoms with van der Waals surface area (Å²) in [6, 6.07) is 6.83. The van der Waals surface area contributed by atoms with Gasteiger partial charge in [0.1, 0.15) is 5.75 Å². The summed E-state index contributed by atoms with van der Waals surface area (Å²) in [6.07, 6.45) is 1.84. The van der Waals surface area contributed by atoms with Crippen LogP contribution in [0.4, 0.5) is 0 Å². The second-order valence-electron chi connectivity index (χ2n) is 3.11. The average molecular weight is 173 g/mol. The van der Waals surface area contributed by atoms with Gasteiger partial charge in [-0.05, 0) is 32.0 Å². The molecule has 0 unspecified atom stereocenters. The van der Waals surface area contributed by atoms with Crippen LogP contribution in [0.25, 0.3) is 6.08 Å². The molecule has 0 fully saturated rings. The monoisotopic (exact) mass is 173 g/mol. The summed E-state index contributed by atoms with van der Waals surface area (Å²) in [5.41, 5.74) is 2.34. The third kappa shape index (κ3) is 2.34. The van der Waals surface area contributed by atoms with Crippen molar-refractivity contribution in [1.29, 1.82) is 5.26 Å². The van der Waals surface area contributed by atoms with Crippen LogP contribution in [0.5, 0.6) is 5.75 Å². The quantitative estimate of drug-likeness (QED) is 0.709. The van der Waals surface area contributed by atoms with Crippen molar-refractivity contribution in [3.8, 4) is 11.8 Å². The highest BCUT2D eigenvalue weighted by molar-refractivity contribution is 5.60. The summed E-state index contributed by atoms with van der Waals surface area (Å²) in [7, 11) is 0. The fraction of sp³-hybridized carbons (Fsp3) is 0.182. The van der Waals surface area contributed by atoms with Crippen molar-refractivity contribution >= 4 is 6.08 Å². The Bertz CT molecular complexity index is 382. The largest absolute Gasteiger partial charge is 0.507 e. The lowest BCUT2D eigenvalue weighted by Gasteiger charge is -1.99. The first-order valence-corrected chi connectivity index (χ1v) is 4.01. The van der Waals surface area contributed by atoms with Crippen molar-refractivity contribution in [2.45, 2.75) is 13.8 Å². The fourth-order valence-corrected chi connectivity index (χ4v) is 1.05. The Morgan fingerprint density at radius 1 is 1.46 bits per heavy atom. The third-order valence-corrected chi connectivity index (χ3v) is 1.60. The van der Waals surface area contributed by atoms with Crippen molar-refractivity contribution in [3.05, 3.63) is 34.9 Å². The standard InChI is InChI=1S/C11H11NO/c1-8(2)5-10-6-9(7-12)3-4-11(10)13/h3-6,13H,1-2H3. The van der Waals surface area contributed by atoms with E-state index in [-0.39, 0.29) is 5.75 Å². The zero-order chi connectivity index (χ0) is 9.84. The fourth-order valence-electron chi connectivity index (χ4n) is 1.05. The van der Waals surface area contributed by atoms with Crippen LogP contribution in [-0.4, -0.2) is 5.11 Å². The highest BCUT2D eigenvalue weighted by Crippen LogP contribution is 2.20. The van der Waals surface area contributed by atoms with Crippen molar-refractivity contribution in [2.24, 2.45) is 0 Å². The first kappa shape index (κ1) is 9.34. The molecule has 0 bridgehead atoms. The zero-order valence-corrected chi connectivity index (χ0v) is 7.70. The van der Waals surface area contributed by atoms with Gasteiger partial charge in [-0.1, -0.05) is 11.6 Å². The Kier molecular flexibility index (Phi) is 2.71. The van der Waals surface area contributed by atoms with Gasteiger partial charge in [-0.25, -0.2) is 0 Å². The summed E-state index contributed by atoms with van der Waals surface area (Å²) in [4.78, 5) is 0. The van der Waals surface area contributed by atoms with E-state index in [0.717, 1.165) is 5.57 Å². The smallest absolute Gasteiger partial charge is 0.122 e. The Balaban J connectivity index is 3.21. The van der Waals surface area contributed by atoms with Gasteiger partial charge in [-0.2, -0.15) is 5.26 Å². The minimum atomic E-state index is 0.209. The van der Waals surface area contributed by atoms with Gasteiger partial charge in [-0.3, -0.25) is 0 Å². The Hall–Kier alpha value is -1.75. The summed E-state index contributed by atoms with van der Waals surface area (Å²) >= 11 is 0. The SMILES string of the molecule is CC(C)=Cc1cc(C#N)ccc1O. The molecule has 0 aromatic heterocycles. The van der Waals surface area contributed by atoms with Gasteiger partial charge in [0.15, 0.2) is 0 Å². The van der Waals surface area contributed by atoms with Gasteiger partial charge in [0.05, 0.1) is 11.6 Å². The van der Waals surface area contributed by atoms with Gasteiger partial charge < -0.3 is 5.11 Å². The minimum absolute atomic E-state index is 0.209. The van der Waals surface area contributed by atoms with Crippen LogP contribution in [0, 0.1) is 11.3 Å². The molecule has 0 amide bonds. The Labute approximate surface area is 77.8 Å². The van der Waals surface area contributed by atoms with E-state index in [0.29, 0.717) is 11.1 Å². The summed E-state index contributed by atoms with van der Waals surface area (Å²) in [6.45, 7) is 3.89. The van der Waals surface area contributed by atoms with Gasteiger partial charge in [0, 0.05) is 5.56 Å². The van der Waals surface area contributed by atoms with E-state index in [1.807, 2.05) is 26.0 Å². The van der Waals surface area contributed by atoms with E-state index >= 15 is 0 Å². The second kappa shape index (κ2) is 3.77. The number of allylic oxidation sites excluding steroid dienone is 1. The van der Waals surface area contributed by atoms with Gasteiger partial charge in [0.25, 0.3) is 0 Å².